The first-order valence-corrected chi connectivity index (χ1v) is 10.8. The monoisotopic (exact) mass is 407 g/mol. The number of aromatic hydroxyl groups is 1. The van der Waals surface area contributed by atoms with Crippen LogP contribution in [0.2, 0.25) is 0 Å². The molecule has 148 valence electrons. The minimum atomic E-state index is -0.117. The molecule has 29 heavy (non-hydrogen) atoms. The fraction of sp³-hybridized carbons (Fsp3) is 0.381. The van der Waals surface area contributed by atoms with Crippen LogP contribution in [0.4, 0.5) is 0 Å². The molecule has 7 nitrogen and oxygen atoms in total. The Labute approximate surface area is 170 Å². The van der Waals surface area contributed by atoms with Crippen molar-refractivity contribution < 1.29 is 5.11 Å². The highest BCUT2D eigenvalue weighted by Crippen LogP contribution is 2.47. The van der Waals surface area contributed by atoms with Crippen molar-refractivity contribution in [3.63, 3.8) is 0 Å². The Bertz CT molecular complexity index is 1330. The summed E-state index contributed by atoms with van der Waals surface area (Å²) in [4.78, 5) is 19.4. The average Bonchev–Trinajstić information content (AvgIpc) is 3.12. The molecule has 3 aromatic heterocycles. The third-order valence-electron chi connectivity index (χ3n) is 6.28. The minimum Gasteiger partial charge on any atom is -0.507 e. The predicted octanol–water partition coefficient (Wildman–Crippen LogP) is 3.01. The summed E-state index contributed by atoms with van der Waals surface area (Å²) in [6.07, 6.45) is 8.60. The summed E-state index contributed by atoms with van der Waals surface area (Å²) in [5.41, 5.74) is 1.99. The van der Waals surface area contributed by atoms with Crippen molar-refractivity contribution in [3.8, 4) is 17.0 Å². The van der Waals surface area contributed by atoms with Gasteiger partial charge >= 0.3 is 0 Å². The number of phenols is 1. The van der Waals surface area contributed by atoms with E-state index in [-0.39, 0.29) is 11.3 Å². The molecule has 2 aliphatic rings. The Morgan fingerprint density at radius 2 is 2.14 bits per heavy atom. The summed E-state index contributed by atoms with van der Waals surface area (Å²) < 4.78 is 3.35. The van der Waals surface area contributed by atoms with Gasteiger partial charge in [-0.25, -0.2) is 4.98 Å². The summed E-state index contributed by atoms with van der Waals surface area (Å²) in [7, 11) is 1.84. The number of aromatic nitrogens is 4. The average molecular weight is 407 g/mol. The molecule has 1 saturated heterocycles. The molecule has 1 atom stereocenters. The van der Waals surface area contributed by atoms with E-state index in [1.807, 2.05) is 25.5 Å². The van der Waals surface area contributed by atoms with Gasteiger partial charge in [0.2, 0.25) is 0 Å². The van der Waals surface area contributed by atoms with Gasteiger partial charge in [-0.3, -0.25) is 13.9 Å². The number of thiazole rings is 1. The summed E-state index contributed by atoms with van der Waals surface area (Å²) >= 11 is 1.59. The Morgan fingerprint density at radius 1 is 1.28 bits per heavy atom. The van der Waals surface area contributed by atoms with Gasteiger partial charge < -0.3 is 10.4 Å². The number of hydrogen-bond acceptors (Lipinski definition) is 6. The molecule has 1 aromatic carbocycles. The van der Waals surface area contributed by atoms with Crippen molar-refractivity contribution in [3.05, 3.63) is 45.8 Å². The van der Waals surface area contributed by atoms with Gasteiger partial charge in [0.25, 0.3) is 5.56 Å². The Morgan fingerprint density at radius 3 is 2.97 bits per heavy atom. The lowest BCUT2D eigenvalue weighted by atomic mass is 9.90. The molecule has 1 spiro atoms. The summed E-state index contributed by atoms with van der Waals surface area (Å²) in [5, 5.41) is 19.4. The molecule has 0 bridgehead atoms. The number of nitrogens with zero attached hydrogens (tertiary/aromatic N) is 4. The highest BCUT2D eigenvalue weighted by molar-refractivity contribution is 7.17. The first-order chi connectivity index (χ1) is 14.0. The summed E-state index contributed by atoms with van der Waals surface area (Å²) in [5.74, 6) is 0.562. The predicted molar refractivity (Wildman–Crippen MR) is 113 cm³/mol. The van der Waals surface area contributed by atoms with Gasteiger partial charge in [0.05, 0.1) is 11.2 Å². The molecule has 8 heteroatoms. The number of hydrogen-bond donors (Lipinski definition) is 2. The first-order valence-electron chi connectivity index (χ1n) is 9.95. The SMILES string of the molecule is Cn1cc2cc(-c3cc(=O)n4cc(C5CCNC6(CC6)C5)sc4n3)c(O)cc2n1. The number of phenolic OH excluding ortho intramolecular Hbond substituents is 1. The van der Waals surface area contributed by atoms with Crippen molar-refractivity contribution >= 4 is 27.2 Å². The lowest BCUT2D eigenvalue weighted by molar-refractivity contribution is 0.348. The molecule has 4 heterocycles. The lowest BCUT2D eigenvalue weighted by Crippen LogP contribution is -2.39. The second-order valence-electron chi connectivity index (χ2n) is 8.39. The van der Waals surface area contributed by atoms with Gasteiger partial charge in [0, 0.05) is 52.9 Å². The van der Waals surface area contributed by atoms with Crippen LogP contribution in [0, 0.1) is 0 Å². The molecular formula is C21H21N5O2S. The molecule has 0 radical (unpaired) electrons. The van der Waals surface area contributed by atoms with E-state index in [1.54, 1.807) is 26.5 Å². The second-order valence-corrected chi connectivity index (χ2v) is 9.43. The van der Waals surface area contributed by atoms with Crippen LogP contribution in [0.25, 0.3) is 27.1 Å². The molecular weight excluding hydrogens is 386 g/mol. The quantitative estimate of drug-likeness (QED) is 0.534. The zero-order valence-corrected chi connectivity index (χ0v) is 16.9. The number of fused-ring (bicyclic) bond motifs is 2. The number of piperidine rings is 1. The fourth-order valence-corrected chi connectivity index (χ4v) is 5.69. The van der Waals surface area contributed by atoms with Gasteiger partial charge in [0.15, 0.2) is 4.96 Å². The Kier molecular flexibility index (Phi) is 3.49. The molecule has 6 rings (SSSR count). The second kappa shape index (κ2) is 5.90. The molecule has 1 saturated carbocycles. The zero-order valence-electron chi connectivity index (χ0n) is 16.1. The van der Waals surface area contributed by atoms with Gasteiger partial charge in [-0.1, -0.05) is 0 Å². The molecule has 1 aliphatic heterocycles. The van der Waals surface area contributed by atoms with Gasteiger partial charge in [-0.05, 0) is 44.2 Å². The molecule has 2 N–H and O–H groups in total. The molecule has 1 unspecified atom stereocenters. The van der Waals surface area contributed by atoms with E-state index in [2.05, 4.69) is 10.4 Å². The van der Waals surface area contributed by atoms with Crippen molar-refractivity contribution in [2.75, 3.05) is 6.54 Å². The van der Waals surface area contributed by atoms with E-state index in [4.69, 9.17) is 4.98 Å². The van der Waals surface area contributed by atoms with Crippen LogP contribution in [0.1, 0.15) is 36.5 Å². The van der Waals surface area contributed by atoms with E-state index < -0.39 is 0 Å². The van der Waals surface area contributed by atoms with Crippen LogP contribution in [0.3, 0.4) is 0 Å². The van der Waals surface area contributed by atoms with E-state index >= 15 is 0 Å². The van der Waals surface area contributed by atoms with E-state index in [0.29, 0.717) is 33.2 Å². The van der Waals surface area contributed by atoms with Crippen LogP contribution < -0.4 is 10.9 Å². The van der Waals surface area contributed by atoms with Crippen molar-refractivity contribution in [2.24, 2.45) is 7.05 Å². The number of rotatable bonds is 2. The first kappa shape index (κ1) is 17.2. The van der Waals surface area contributed by atoms with E-state index in [1.165, 1.54) is 23.8 Å². The van der Waals surface area contributed by atoms with E-state index in [0.717, 1.165) is 24.8 Å². The maximum absolute atomic E-state index is 12.8. The number of aryl methyl sites for hydroxylation is 1. The van der Waals surface area contributed by atoms with Crippen LogP contribution in [0.15, 0.2) is 35.4 Å². The van der Waals surface area contributed by atoms with Gasteiger partial charge in [-0.2, -0.15) is 5.10 Å². The smallest absolute Gasteiger partial charge is 0.259 e. The van der Waals surface area contributed by atoms with Crippen molar-refractivity contribution in [1.29, 1.82) is 0 Å². The van der Waals surface area contributed by atoms with Crippen LogP contribution in [-0.4, -0.2) is 36.4 Å². The molecule has 4 aromatic rings. The molecule has 2 fully saturated rings. The van der Waals surface area contributed by atoms with Crippen molar-refractivity contribution in [1.82, 2.24) is 24.5 Å². The van der Waals surface area contributed by atoms with Crippen LogP contribution in [0.5, 0.6) is 5.75 Å². The highest BCUT2D eigenvalue weighted by atomic mass is 32.1. The number of benzene rings is 1. The molecule has 1 aliphatic carbocycles. The zero-order chi connectivity index (χ0) is 19.8. The maximum atomic E-state index is 12.8. The third-order valence-corrected chi connectivity index (χ3v) is 7.43. The third kappa shape index (κ3) is 2.78. The molecule has 0 amide bonds. The fourth-order valence-electron chi connectivity index (χ4n) is 4.57. The number of nitrogens with one attached hydrogen (secondary N) is 1. The highest BCUT2D eigenvalue weighted by Gasteiger charge is 2.46. The largest absolute Gasteiger partial charge is 0.507 e. The summed E-state index contributed by atoms with van der Waals surface area (Å²) in [6, 6.07) is 4.97. The lowest BCUT2D eigenvalue weighted by Gasteiger charge is -2.29. The minimum absolute atomic E-state index is 0.0817. The van der Waals surface area contributed by atoms with Crippen LogP contribution >= 0.6 is 11.3 Å². The topological polar surface area (TPSA) is 84.5 Å². The Balaban J connectivity index is 1.44. The van der Waals surface area contributed by atoms with E-state index in [9.17, 15) is 9.90 Å². The Hall–Kier alpha value is -2.71. The van der Waals surface area contributed by atoms with Crippen molar-refractivity contribution in [2.45, 2.75) is 37.1 Å². The van der Waals surface area contributed by atoms with Gasteiger partial charge in [0.1, 0.15) is 5.75 Å². The maximum Gasteiger partial charge on any atom is 0.259 e. The van der Waals surface area contributed by atoms with Gasteiger partial charge in [-0.15, -0.1) is 11.3 Å². The van der Waals surface area contributed by atoms with Crippen LogP contribution in [-0.2, 0) is 7.05 Å². The normalized spacial score (nSPS) is 20.7. The summed E-state index contributed by atoms with van der Waals surface area (Å²) in [6.45, 7) is 1.03. The standard InChI is InChI=1S/C21H21N5O2S/c1-25-10-13-6-14(17(27)7-15(13)24-25)16-8-19(28)26-11-18(29-20(26)23-16)12-2-5-22-21(9-12)3-4-21/h6-8,10-12,22,27H,2-5,9H2,1H3.